The van der Waals surface area contributed by atoms with Gasteiger partial charge in [-0.3, -0.25) is 9.59 Å². The summed E-state index contributed by atoms with van der Waals surface area (Å²) in [5, 5.41) is 10.1. The lowest BCUT2D eigenvalue weighted by atomic mass is 10.1. The van der Waals surface area contributed by atoms with Gasteiger partial charge in [0.1, 0.15) is 0 Å². The highest BCUT2D eigenvalue weighted by molar-refractivity contribution is 7.99. The van der Waals surface area contributed by atoms with Crippen LogP contribution in [0.15, 0.2) is 24.3 Å². The van der Waals surface area contributed by atoms with Crippen LogP contribution in [0.1, 0.15) is 17.7 Å². The summed E-state index contributed by atoms with van der Waals surface area (Å²) in [7, 11) is 0. The van der Waals surface area contributed by atoms with Crippen molar-refractivity contribution in [2.45, 2.75) is 25.8 Å². The Labute approximate surface area is 139 Å². The number of fused-ring (bicyclic) bond motifs is 1. The molecule has 2 aromatic rings. The molecule has 5 nitrogen and oxygen atoms in total. The number of nitrogens with one attached hydrogen (secondary N) is 1. The lowest BCUT2D eigenvalue weighted by Crippen LogP contribution is -2.47. The number of thioether (sulfide) groups is 1. The van der Waals surface area contributed by atoms with Crippen LogP contribution in [0.25, 0.3) is 10.9 Å². The van der Waals surface area contributed by atoms with Crippen LogP contribution >= 0.6 is 11.8 Å². The number of carboxylic acid groups (broad SMARTS) is 1. The summed E-state index contributed by atoms with van der Waals surface area (Å²) in [4.78, 5) is 28.9. The Morgan fingerprint density at radius 3 is 2.96 bits per heavy atom. The number of aromatic amines is 1. The van der Waals surface area contributed by atoms with E-state index in [4.69, 9.17) is 5.11 Å². The predicted octanol–water partition coefficient (Wildman–Crippen LogP) is 2.44. The Hall–Kier alpha value is -1.95. The van der Waals surface area contributed by atoms with Crippen LogP contribution < -0.4 is 0 Å². The SMILES string of the molecule is Cc1[nH]c2ccccc2c1CC(=O)N1CCSCC1CC(=O)O. The molecule has 6 heteroatoms. The number of amides is 1. The third kappa shape index (κ3) is 3.37. The molecule has 0 spiro atoms. The van der Waals surface area contributed by atoms with Gasteiger partial charge in [0.2, 0.25) is 5.91 Å². The van der Waals surface area contributed by atoms with Crippen molar-refractivity contribution in [3.63, 3.8) is 0 Å². The molecule has 1 fully saturated rings. The maximum atomic E-state index is 12.8. The molecule has 1 amide bonds. The fourth-order valence-electron chi connectivity index (χ4n) is 3.17. The van der Waals surface area contributed by atoms with Crippen molar-refractivity contribution in [2.75, 3.05) is 18.1 Å². The average Bonchev–Trinajstić information content (AvgIpc) is 2.83. The van der Waals surface area contributed by atoms with Crippen LogP contribution in [0.5, 0.6) is 0 Å². The average molecular weight is 332 g/mol. The summed E-state index contributed by atoms with van der Waals surface area (Å²) in [5.74, 6) is 0.739. The number of carbonyl (C=O) groups excluding carboxylic acids is 1. The zero-order valence-electron chi connectivity index (χ0n) is 13.0. The number of nitrogens with zero attached hydrogens (tertiary/aromatic N) is 1. The smallest absolute Gasteiger partial charge is 0.305 e. The molecule has 0 aliphatic carbocycles. The molecular weight excluding hydrogens is 312 g/mol. The van der Waals surface area contributed by atoms with E-state index in [1.165, 1.54) is 0 Å². The van der Waals surface area contributed by atoms with Crippen LogP contribution in [0, 0.1) is 6.92 Å². The molecule has 1 aromatic heterocycles. The van der Waals surface area contributed by atoms with Gasteiger partial charge in [0, 0.05) is 34.6 Å². The van der Waals surface area contributed by atoms with E-state index < -0.39 is 5.97 Å². The van der Waals surface area contributed by atoms with Crippen molar-refractivity contribution < 1.29 is 14.7 Å². The molecule has 23 heavy (non-hydrogen) atoms. The molecule has 2 heterocycles. The molecule has 1 saturated heterocycles. The second-order valence-electron chi connectivity index (χ2n) is 5.86. The Balaban J connectivity index is 1.81. The number of rotatable bonds is 4. The number of hydrogen-bond acceptors (Lipinski definition) is 3. The van der Waals surface area contributed by atoms with E-state index in [0.717, 1.165) is 27.9 Å². The number of aliphatic carboxylic acids is 1. The zero-order valence-corrected chi connectivity index (χ0v) is 13.9. The van der Waals surface area contributed by atoms with E-state index in [9.17, 15) is 9.59 Å². The topological polar surface area (TPSA) is 73.4 Å². The molecule has 1 aliphatic heterocycles. The fraction of sp³-hybridized carbons (Fsp3) is 0.412. The molecule has 0 saturated carbocycles. The van der Waals surface area contributed by atoms with Crippen molar-refractivity contribution in [1.82, 2.24) is 9.88 Å². The number of hydrogen-bond donors (Lipinski definition) is 2. The summed E-state index contributed by atoms with van der Waals surface area (Å²) in [6, 6.07) is 7.75. The van der Waals surface area contributed by atoms with E-state index in [0.29, 0.717) is 18.7 Å². The maximum absolute atomic E-state index is 12.8. The molecule has 3 rings (SSSR count). The Morgan fingerprint density at radius 1 is 1.39 bits per heavy atom. The van der Waals surface area contributed by atoms with Crippen molar-refractivity contribution >= 4 is 34.5 Å². The number of para-hydroxylation sites is 1. The predicted molar refractivity (Wildman–Crippen MR) is 91.8 cm³/mol. The number of H-pyrrole nitrogens is 1. The highest BCUT2D eigenvalue weighted by Gasteiger charge is 2.29. The van der Waals surface area contributed by atoms with Gasteiger partial charge in [-0.2, -0.15) is 11.8 Å². The van der Waals surface area contributed by atoms with Crippen molar-refractivity contribution in [1.29, 1.82) is 0 Å². The molecule has 0 radical (unpaired) electrons. The van der Waals surface area contributed by atoms with Crippen molar-refractivity contribution in [3.05, 3.63) is 35.5 Å². The van der Waals surface area contributed by atoms with Gasteiger partial charge in [0.05, 0.1) is 18.9 Å². The first-order chi connectivity index (χ1) is 11.1. The van der Waals surface area contributed by atoms with Gasteiger partial charge in [-0.05, 0) is 18.6 Å². The number of aromatic nitrogens is 1. The van der Waals surface area contributed by atoms with Crippen LogP contribution in [-0.4, -0.2) is 51.0 Å². The Kier molecular flexibility index (Phi) is 4.61. The molecule has 1 unspecified atom stereocenters. The zero-order chi connectivity index (χ0) is 16.4. The van der Waals surface area contributed by atoms with E-state index in [-0.39, 0.29) is 18.4 Å². The fourth-order valence-corrected chi connectivity index (χ4v) is 4.23. The molecule has 122 valence electrons. The highest BCUT2D eigenvalue weighted by atomic mass is 32.2. The molecule has 2 N–H and O–H groups in total. The first-order valence-corrected chi connectivity index (χ1v) is 8.87. The number of carboxylic acids is 1. The molecule has 1 aromatic carbocycles. The third-order valence-corrected chi connectivity index (χ3v) is 5.40. The number of aryl methyl sites for hydroxylation is 1. The lowest BCUT2D eigenvalue weighted by Gasteiger charge is -2.34. The van der Waals surface area contributed by atoms with E-state index in [1.807, 2.05) is 31.2 Å². The van der Waals surface area contributed by atoms with Crippen LogP contribution in [0.4, 0.5) is 0 Å². The van der Waals surface area contributed by atoms with Crippen LogP contribution in [0.2, 0.25) is 0 Å². The second-order valence-corrected chi connectivity index (χ2v) is 7.01. The third-order valence-electron chi connectivity index (χ3n) is 4.31. The quantitative estimate of drug-likeness (QED) is 0.902. The highest BCUT2D eigenvalue weighted by Crippen LogP contribution is 2.25. The van der Waals surface area contributed by atoms with Gasteiger partial charge in [0.15, 0.2) is 0 Å². The van der Waals surface area contributed by atoms with Gasteiger partial charge in [-0.25, -0.2) is 0 Å². The summed E-state index contributed by atoms with van der Waals surface area (Å²) in [6.45, 7) is 2.60. The summed E-state index contributed by atoms with van der Waals surface area (Å²) in [6.07, 6.45) is 0.336. The van der Waals surface area contributed by atoms with E-state index in [2.05, 4.69) is 4.98 Å². The monoisotopic (exact) mass is 332 g/mol. The summed E-state index contributed by atoms with van der Waals surface area (Å²) in [5.41, 5.74) is 3.04. The largest absolute Gasteiger partial charge is 0.481 e. The molecule has 1 aliphatic rings. The minimum absolute atomic E-state index is 0.0180. The summed E-state index contributed by atoms with van der Waals surface area (Å²) >= 11 is 1.72. The van der Waals surface area contributed by atoms with Gasteiger partial charge >= 0.3 is 5.97 Å². The normalized spacial score (nSPS) is 18.3. The molecule has 1 atom stereocenters. The van der Waals surface area contributed by atoms with Gasteiger partial charge < -0.3 is 15.0 Å². The standard InChI is InChI=1S/C17H20N2O3S/c1-11-14(13-4-2-3-5-15(13)18-11)9-16(20)19-6-7-23-10-12(19)8-17(21)22/h2-5,12,18H,6-10H2,1H3,(H,21,22). The van der Waals surface area contributed by atoms with Gasteiger partial charge in [-0.1, -0.05) is 18.2 Å². The van der Waals surface area contributed by atoms with Crippen LogP contribution in [-0.2, 0) is 16.0 Å². The first kappa shape index (κ1) is 15.9. The van der Waals surface area contributed by atoms with E-state index >= 15 is 0 Å². The lowest BCUT2D eigenvalue weighted by molar-refractivity contribution is -0.140. The molecule has 0 bridgehead atoms. The van der Waals surface area contributed by atoms with Crippen molar-refractivity contribution in [3.8, 4) is 0 Å². The maximum Gasteiger partial charge on any atom is 0.305 e. The summed E-state index contributed by atoms with van der Waals surface area (Å²) < 4.78 is 0. The van der Waals surface area contributed by atoms with Crippen molar-refractivity contribution in [2.24, 2.45) is 0 Å². The van der Waals surface area contributed by atoms with Crippen LogP contribution in [0.3, 0.4) is 0 Å². The van der Waals surface area contributed by atoms with E-state index in [1.54, 1.807) is 16.7 Å². The number of benzene rings is 1. The Bertz CT molecular complexity index is 741. The van der Waals surface area contributed by atoms with Gasteiger partial charge in [0.25, 0.3) is 0 Å². The Morgan fingerprint density at radius 2 is 2.17 bits per heavy atom. The minimum atomic E-state index is -0.849. The molecular formula is C17H20N2O3S. The van der Waals surface area contributed by atoms with Gasteiger partial charge in [-0.15, -0.1) is 0 Å². The minimum Gasteiger partial charge on any atom is -0.481 e. The first-order valence-electron chi connectivity index (χ1n) is 7.71. The number of carbonyl (C=O) groups is 2. The second kappa shape index (κ2) is 6.66.